The summed E-state index contributed by atoms with van der Waals surface area (Å²) in [6, 6.07) is 0. The third-order valence-corrected chi connectivity index (χ3v) is 1.75. The molecule has 0 aliphatic rings. The Kier molecular flexibility index (Phi) is 6.42. The first-order valence-corrected chi connectivity index (χ1v) is 4.78. The maximum absolute atomic E-state index is 11.1. The summed E-state index contributed by atoms with van der Waals surface area (Å²) in [6.45, 7) is 5.89. The summed E-state index contributed by atoms with van der Waals surface area (Å²) >= 11 is 3.95. The molecule has 2 nitrogen and oxygen atoms in total. The number of hydrogen-bond donors (Lipinski definition) is 1. The van der Waals surface area contributed by atoms with E-state index in [1.807, 2.05) is 4.90 Å². The largest absolute Gasteiger partial charge is 0.342 e. The number of amides is 1. The van der Waals surface area contributed by atoms with Gasteiger partial charge in [0.05, 0.1) is 5.75 Å². The number of hydrogen-bond acceptors (Lipinski definition) is 2. The quantitative estimate of drug-likeness (QED) is 0.629. The maximum Gasteiger partial charge on any atom is 0.232 e. The van der Waals surface area contributed by atoms with Crippen molar-refractivity contribution in [3.63, 3.8) is 0 Å². The van der Waals surface area contributed by atoms with Crippen molar-refractivity contribution in [3.8, 4) is 0 Å². The van der Waals surface area contributed by atoms with Crippen molar-refractivity contribution < 1.29 is 4.79 Å². The van der Waals surface area contributed by atoms with Crippen molar-refractivity contribution in [1.82, 2.24) is 4.90 Å². The number of thiol groups is 1. The van der Waals surface area contributed by atoms with E-state index in [1.54, 1.807) is 0 Å². The van der Waals surface area contributed by atoms with Gasteiger partial charge in [-0.1, -0.05) is 13.8 Å². The SMILES string of the molecule is CCCN(CCC)C(=O)CS. The van der Waals surface area contributed by atoms with E-state index < -0.39 is 0 Å². The van der Waals surface area contributed by atoms with E-state index in [9.17, 15) is 4.79 Å². The number of carbonyl (C=O) groups is 1. The van der Waals surface area contributed by atoms with Gasteiger partial charge in [-0.15, -0.1) is 0 Å². The van der Waals surface area contributed by atoms with Crippen molar-refractivity contribution in [2.24, 2.45) is 0 Å². The van der Waals surface area contributed by atoms with E-state index >= 15 is 0 Å². The molecule has 0 heterocycles. The van der Waals surface area contributed by atoms with E-state index in [4.69, 9.17) is 0 Å². The number of carbonyl (C=O) groups excluding carboxylic acids is 1. The average Bonchev–Trinajstić information content (AvgIpc) is 2.03. The van der Waals surface area contributed by atoms with Crippen molar-refractivity contribution in [3.05, 3.63) is 0 Å². The van der Waals surface area contributed by atoms with Gasteiger partial charge in [-0.25, -0.2) is 0 Å². The van der Waals surface area contributed by atoms with Gasteiger partial charge in [0.1, 0.15) is 0 Å². The summed E-state index contributed by atoms with van der Waals surface area (Å²) in [5.41, 5.74) is 0. The molecular weight excluding hydrogens is 158 g/mol. The molecule has 0 rings (SSSR count). The molecule has 3 heteroatoms. The van der Waals surface area contributed by atoms with Crippen LogP contribution in [-0.2, 0) is 4.79 Å². The van der Waals surface area contributed by atoms with Gasteiger partial charge in [0, 0.05) is 13.1 Å². The van der Waals surface area contributed by atoms with Crippen molar-refractivity contribution in [2.75, 3.05) is 18.8 Å². The van der Waals surface area contributed by atoms with Crippen LogP contribution in [0, 0.1) is 0 Å². The lowest BCUT2D eigenvalue weighted by Crippen LogP contribution is -2.33. The van der Waals surface area contributed by atoms with Crippen LogP contribution < -0.4 is 0 Å². The van der Waals surface area contributed by atoms with Gasteiger partial charge >= 0.3 is 0 Å². The zero-order valence-corrected chi connectivity index (χ0v) is 8.23. The van der Waals surface area contributed by atoms with Crippen molar-refractivity contribution in [2.45, 2.75) is 26.7 Å². The van der Waals surface area contributed by atoms with Gasteiger partial charge in [-0.05, 0) is 12.8 Å². The third kappa shape index (κ3) is 4.30. The highest BCUT2D eigenvalue weighted by molar-refractivity contribution is 7.81. The molecule has 0 aromatic heterocycles. The summed E-state index contributed by atoms with van der Waals surface area (Å²) in [6.07, 6.45) is 2.05. The van der Waals surface area contributed by atoms with Crippen LogP contribution in [0.25, 0.3) is 0 Å². The second-order valence-electron chi connectivity index (χ2n) is 2.54. The topological polar surface area (TPSA) is 20.3 Å². The molecule has 66 valence electrons. The first-order valence-electron chi connectivity index (χ1n) is 4.14. The highest BCUT2D eigenvalue weighted by atomic mass is 32.1. The lowest BCUT2D eigenvalue weighted by molar-refractivity contribution is -0.128. The molecule has 0 bridgehead atoms. The van der Waals surface area contributed by atoms with E-state index in [2.05, 4.69) is 26.5 Å². The zero-order valence-electron chi connectivity index (χ0n) is 7.34. The maximum atomic E-state index is 11.1. The molecule has 0 aliphatic carbocycles. The molecule has 0 aromatic carbocycles. The second-order valence-corrected chi connectivity index (χ2v) is 2.86. The molecule has 0 fully saturated rings. The van der Waals surface area contributed by atoms with Crippen LogP contribution in [0.1, 0.15) is 26.7 Å². The lowest BCUT2D eigenvalue weighted by Gasteiger charge is -2.20. The van der Waals surface area contributed by atoms with E-state index in [-0.39, 0.29) is 5.91 Å². The number of nitrogens with zero attached hydrogens (tertiary/aromatic N) is 1. The second kappa shape index (κ2) is 6.53. The van der Waals surface area contributed by atoms with Crippen LogP contribution in [0.4, 0.5) is 0 Å². The fraction of sp³-hybridized carbons (Fsp3) is 0.875. The van der Waals surface area contributed by atoms with E-state index in [0.717, 1.165) is 25.9 Å². The highest BCUT2D eigenvalue weighted by Gasteiger charge is 2.07. The summed E-state index contributed by atoms with van der Waals surface area (Å²) in [5.74, 6) is 0.483. The van der Waals surface area contributed by atoms with Gasteiger partial charge in [-0.3, -0.25) is 4.79 Å². The average molecular weight is 175 g/mol. The number of rotatable bonds is 5. The van der Waals surface area contributed by atoms with Gasteiger partial charge < -0.3 is 4.90 Å². The summed E-state index contributed by atoms with van der Waals surface area (Å²) < 4.78 is 0. The normalized spacial score (nSPS) is 9.73. The van der Waals surface area contributed by atoms with Crippen molar-refractivity contribution >= 4 is 18.5 Å². The Balaban J connectivity index is 3.76. The van der Waals surface area contributed by atoms with E-state index in [0.29, 0.717) is 5.75 Å². The summed E-state index contributed by atoms with van der Waals surface area (Å²) in [5, 5.41) is 0. The predicted octanol–water partition coefficient (Wildman–Crippen LogP) is 1.56. The zero-order chi connectivity index (χ0) is 8.69. The molecule has 0 spiro atoms. The smallest absolute Gasteiger partial charge is 0.232 e. The van der Waals surface area contributed by atoms with Gasteiger partial charge in [0.15, 0.2) is 0 Å². The molecule has 11 heavy (non-hydrogen) atoms. The lowest BCUT2D eigenvalue weighted by atomic mass is 10.3. The summed E-state index contributed by atoms with van der Waals surface area (Å²) in [7, 11) is 0. The standard InChI is InChI=1S/C8H17NOS/c1-3-5-9(6-4-2)8(10)7-11/h11H,3-7H2,1-2H3. The Morgan fingerprint density at radius 2 is 1.73 bits per heavy atom. The Morgan fingerprint density at radius 1 is 1.27 bits per heavy atom. The first kappa shape index (κ1) is 10.8. The molecule has 0 radical (unpaired) electrons. The molecule has 0 unspecified atom stereocenters. The molecule has 0 saturated heterocycles. The highest BCUT2D eigenvalue weighted by Crippen LogP contribution is 1.96. The van der Waals surface area contributed by atoms with Gasteiger partial charge in [-0.2, -0.15) is 12.6 Å². The third-order valence-electron chi connectivity index (χ3n) is 1.48. The van der Waals surface area contributed by atoms with Crippen LogP contribution in [0.3, 0.4) is 0 Å². The molecule has 0 N–H and O–H groups in total. The Hall–Kier alpha value is -0.180. The van der Waals surface area contributed by atoms with Crippen LogP contribution >= 0.6 is 12.6 Å². The fourth-order valence-corrected chi connectivity index (χ4v) is 1.20. The summed E-state index contributed by atoms with van der Waals surface area (Å²) in [4.78, 5) is 13.0. The molecular formula is C8H17NOS. The van der Waals surface area contributed by atoms with Gasteiger partial charge in [0.2, 0.25) is 5.91 Å². The minimum atomic E-state index is 0.150. The first-order chi connectivity index (χ1) is 5.26. The Morgan fingerprint density at radius 3 is 2.00 bits per heavy atom. The molecule has 1 amide bonds. The predicted molar refractivity (Wildman–Crippen MR) is 51.0 cm³/mol. The van der Waals surface area contributed by atoms with Crippen LogP contribution in [-0.4, -0.2) is 29.6 Å². The molecule has 0 aromatic rings. The molecule has 0 atom stereocenters. The van der Waals surface area contributed by atoms with Crippen LogP contribution in [0.2, 0.25) is 0 Å². The minimum Gasteiger partial charge on any atom is -0.342 e. The minimum absolute atomic E-state index is 0.150. The molecule has 0 saturated carbocycles. The van der Waals surface area contributed by atoms with Crippen LogP contribution in [0.5, 0.6) is 0 Å². The monoisotopic (exact) mass is 175 g/mol. The Bertz CT molecular complexity index is 111. The van der Waals surface area contributed by atoms with Gasteiger partial charge in [0.25, 0.3) is 0 Å². The van der Waals surface area contributed by atoms with Crippen LogP contribution in [0.15, 0.2) is 0 Å². The van der Waals surface area contributed by atoms with E-state index in [1.165, 1.54) is 0 Å². The van der Waals surface area contributed by atoms with Crippen molar-refractivity contribution in [1.29, 1.82) is 0 Å². The Labute approximate surface area is 74.4 Å². The fourth-order valence-electron chi connectivity index (χ4n) is 1.00. The molecule has 0 aliphatic heterocycles.